The third kappa shape index (κ3) is 3.97. The van der Waals surface area contributed by atoms with Gasteiger partial charge in [-0.3, -0.25) is 10.1 Å². The van der Waals surface area contributed by atoms with Crippen molar-refractivity contribution < 1.29 is 4.79 Å². The van der Waals surface area contributed by atoms with Gasteiger partial charge in [0.25, 0.3) is 0 Å². The summed E-state index contributed by atoms with van der Waals surface area (Å²) in [4.78, 5) is 11.0. The monoisotopic (exact) mass is 168 g/mol. The highest BCUT2D eigenvalue weighted by molar-refractivity contribution is 5.77. The van der Waals surface area contributed by atoms with Crippen LogP contribution in [0, 0.1) is 22.8 Å². The van der Waals surface area contributed by atoms with Gasteiger partial charge in [-0.1, -0.05) is 27.7 Å². The molecular weight excluding hydrogens is 152 g/mol. The molecule has 0 heterocycles. The lowest BCUT2D eigenvalue weighted by Crippen LogP contribution is -2.26. The van der Waals surface area contributed by atoms with Gasteiger partial charge in [0.2, 0.25) is 5.91 Å². The minimum atomic E-state index is -0.195. The second-order valence-electron chi connectivity index (χ2n) is 4.13. The standard InChI is InChI=1S/C9H16N2O/c1-7(9(2,3)4)5-8(12)11-6-10/h7H,5H2,1-4H3,(H,11,12). The normalized spacial score (nSPS) is 13.2. The molecule has 0 saturated carbocycles. The van der Waals surface area contributed by atoms with Crippen LogP contribution in [0.5, 0.6) is 0 Å². The summed E-state index contributed by atoms with van der Waals surface area (Å²) in [7, 11) is 0. The molecule has 0 fully saturated rings. The van der Waals surface area contributed by atoms with Crippen molar-refractivity contribution in [3.05, 3.63) is 0 Å². The van der Waals surface area contributed by atoms with Crippen LogP contribution in [0.15, 0.2) is 0 Å². The first kappa shape index (κ1) is 11.0. The number of hydrogen-bond donors (Lipinski definition) is 1. The second kappa shape index (κ2) is 4.10. The van der Waals surface area contributed by atoms with Crippen molar-refractivity contribution in [3.8, 4) is 6.19 Å². The number of hydrogen-bond acceptors (Lipinski definition) is 2. The highest BCUT2D eigenvalue weighted by Crippen LogP contribution is 2.27. The van der Waals surface area contributed by atoms with Gasteiger partial charge >= 0.3 is 0 Å². The van der Waals surface area contributed by atoms with Crippen LogP contribution in [-0.4, -0.2) is 5.91 Å². The molecule has 0 saturated heterocycles. The van der Waals surface area contributed by atoms with Crippen LogP contribution >= 0.6 is 0 Å². The van der Waals surface area contributed by atoms with Crippen molar-refractivity contribution in [2.75, 3.05) is 0 Å². The largest absolute Gasteiger partial charge is 0.274 e. The summed E-state index contributed by atoms with van der Waals surface area (Å²) in [5, 5.41) is 10.3. The van der Waals surface area contributed by atoms with E-state index in [0.717, 1.165) is 0 Å². The van der Waals surface area contributed by atoms with E-state index in [9.17, 15) is 4.79 Å². The van der Waals surface area contributed by atoms with Gasteiger partial charge < -0.3 is 0 Å². The first-order chi connectivity index (χ1) is 5.38. The molecule has 0 rings (SSSR count). The minimum absolute atomic E-state index is 0.118. The van der Waals surface area contributed by atoms with E-state index in [-0.39, 0.29) is 17.2 Å². The summed E-state index contributed by atoms with van der Waals surface area (Å²) in [6.45, 7) is 8.25. The van der Waals surface area contributed by atoms with Gasteiger partial charge in [0.05, 0.1) is 0 Å². The van der Waals surface area contributed by atoms with Crippen LogP contribution in [0.1, 0.15) is 34.1 Å². The molecular formula is C9H16N2O. The number of amides is 1. The third-order valence-corrected chi connectivity index (χ3v) is 2.17. The van der Waals surface area contributed by atoms with Crippen molar-refractivity contribution in [1.82, 2.24) is 5.32 Å². The quantitative estimate of drug-likeness (QED) is 0.503. The van der Waals surface area contributed by atoms with Gasteiger partial charge in [-0.05, 0) is 11.3 Å². The van der Waals surface area contributed by atoms with Gasteiger partial charge in [-0.25, -0.2) is 0 Å². The fourth-order valence-corrected chi connectivity index (χ4v) is 0.698. The van der Waals surface area contributed by atoms with Crippen molar-refractivity contribution in [3.63, 3.8) is 0 Å². The Kier molecular flexibility index (Phi) is 3.75. The highest BCUT2D eigenvalue weighted by Gasteiger charge is 2.22. The van der Waals surface area contributed by atoms with Gasteiger partial charge in [0.1, 0.15) is 0 Å². The van der Waals surface area contributed by atoms with Crippen molar-refractivity contribution in [1.29, 1.82) is 5.26 Å². The Morgan fingerprint density at radius 1 is 1.58 bits per heavy atom. The molecule has 0 aliphatic carbocycles. The Labute approximate surface area is 73.8 Å². The Hall–Kier alpha value is -1.04. The lowest BCUT2D eigenvalue weighted by atomic mass is 9.80. The summed E-state index contributed by atoms with van der Waals surface area (Å²) >= 11 is 0. The highest BCUT2D eigenvalue weighted by atomic mass is 16.1. The molecule has 12 heavy (non-hydrogen) atoms. The Balaban J connectivity index is 3.95. The van der Waals surface area contributed by atoms with Crippen LogP contribution in [-0.2, 0) is 4.79 Å². The number of carbonyl (C=O) groups excluding carboxylic acids is 1. The fraction of sp³-hybridized carbons (Fsp3) is 0.778. The maximum Gasteiger partial charge on any atom is 0.233 e. The molecule has 1 unspecified atom stereocenters. The summed E-state index contributed by atoms with van der Waals surface area (Å²) in [6.07, 6.45) is 2.04. The lowest BCUT2D eigenvalue weighted by molar-refractivity contribution is -0.121. The molecule has 0 radical (unpaired) electrons. The maximum atomic E-state index is 11.0. The van der Waals surface area contributed by atoms with E-state index < -0.39 is 0 Å². The fourth-order valence-electron chi connectivity index (χ4n) is 0.698. The molecule has 0 aromatic rings. The zero-order valence-electron chi connectivity index (χ0n) is 8.14. The molecule has 0 aromatic carbocycles. The van der Waals surface area contributed by atoms with Crippen LogP contribution in [0.2, 0.25) is 0 Å². The van der Waals surface area contributed by atoms with Crippen LogP contribution < -0.4 is 5.32 Å². The van der Waals surface area contributed by atoms with Crippen molar-refractivity contribution >= 4 is 5.91 Å². The van der Waals surface area contributed by atoms with Gasteiger partial charge in [0.15, 0.2) is 6.19 Å². The lowest BCUT2D eigenvalue weighted by Gasteiger charge is -2.26. The number of nitrogens with one attached hydrogen (secondary N) is 1. The summed E-state index contributed by atoms with van der Waals surface area (Å²) < 4.78 is 0. The zero-order valence-corrected chi connectivity index (χ0v) is 8.14. The third-order valence-electron chi connectivity index (χ3n) is 2.17. The number of carbonyl (C=O) groups is 1. The van der Waals surface area contributed by atoms with E-state index in [1.54, 1.807) is 6.19 Å². The molecule has 0 aliphatic heterocycles. The van der Waals surface area contributed by atoms with E-state index in [1.165, 1.54) is 0 Å². The van der Waals surface area contributed by atoms with Crippen molar-refractivity contribution in [2.24, 2.45) is 11.3 Å². The molecule has 0 aromatic heterocycles. The van der Waals surface area contributed by atoms with Gasteiger partial charge in [-0.15, -0.1) is 0 Å². The molecule has 0 spiro atoms. The zero-order chi connectivity index (χ0) is 9.78. The maximum absolute atomic E-state index is 11.0. The predicted octanol–water partition coefficient (Wildman–Crippen LogP) is 1.66. The summed E-state index contributed by atoms with van der Waals surface area (Å²) in [5.74, 6) is 0.0887. The van der Waals surface area contributed by atoms with E-state index in [0.29, 0.717) is 6.42 Å². The van der Waals surface area contributed by atoms with Gasteiger partial charge in [0, 0.05) is 6.42 Å². The van der Waals surface area contributed by atoms with Crippen LogP contribution in [0.3, 0.4) is 0 Å². The Bertz CT molecular complexity index is 198. The first-order valence-corrected chi connectivity index (χ1v) is 4.06. The number of nitrogens with zero attached hydrogens (tertiary/aromatic N) is 1. The molecule has 3 nitrogen and oxygen atoms in total. The second-order valence-corrected chi connectivity index (χ2v) is 4.13. The number of nitriles is 1. The Morgan fingerprint density at radius 2 is 2.08 bits per heavy atom. The summed E-state index contributed by atoms with van der Waals surface area (Å²) in [5.41, 5.74) is 0.118. The predicted molar refractivity (Wildman–Crippen MR) is 47.0 cm³/mol. The Morgan fingerprint density at radius 3 is 2.42 bits per heavy atom. The van der Waals surface area contributed by atoms with E-state index >= 15 is 0 Å². The molecule has 1 amide bonds. The summed E-state index contributed by atoms with van der Waals surface area (Å²) in [6, 6.07) is 0. The molecule has 0 bridgehead atoms. The van der Waals surface area contributed by atoms with Gasteiger partial charge in [-0.2, -0.15) is 5.26 Å². The first-order valence-electron chi connectivity index (χ1n) is 4.06. The minimum Gasteiger partial charge on any atom is -0.274 e. The topological polar surface area (TPSA) is 52.9 Å². The van der Waals surface area contributed by atoms with E-state index in [4.69, 9.17) is 5.26 Å². The molecule has 1 atom stereocenters. The average Bonchev–Trinajstić information content (AvgIpc) is 1.85. The smallest absolute Gasteiger partial charge is 0.233 e. The SMILES string of the molecule is CC(CC(=O)NC#N)C(C)(C)C. The van der Waals surface area contributed by atoms with E-state index in [1.807, 2.05) is 6.92 Å². The molecule has 0 aliphatic rings. The average molecular weight is 168 g/mol. The van der Waals surface area contributed by atoms with E-state index in [2.05, 4.69) is 26.1 Å². The van der Waals surface area contributed by atoms with Crippen LogP contribution in [0.25, 0.3) is 0 Å². The molecule has 3 heteroatoms. The van der Waals surface area contributed by atoms with Crippen LogP contribution in [0.4, 0.5) is 0 Å². The number of rotatable bonds is 2. The molecule has 1 N–H and O–H groups in total. The van der Waals surface area contributed by atoms with Crippen molar-refractivity contribution in [2.45, 2.75) is 34.1 Å². The molecule has 68 valence electrons.